The summed E-state index contributed by atoms with van der Waals surface area (Å²) in [7, 11) is 0. The van der Waals surface area contributed by atoms with Crippen LogP contribution >= 0.6 is 0 Å². The molecule has 5 heteroatoms. The van der Waals surface area contributed by atoms with Gasteiger partial charge in [-0.05, 0) is 12.8 Å². The van der Waals surface area contributed by atoms with Crippen LogP contribution in [0, 0.1) is 0 Å². The van der Waals surface area contributed by atoms with E-state index in [4.69, 9.17) is 5.11 Å². The quantitative estimate of drug-likeness (QED) is 0.578. The Hall–Kier alpha value is -1.36. The van der Waals surface area contributed by atoms with E-state index in [1.807, 2.05) is 0 Å². The Kier molecular flexibility index (Phi) is 4.30. The van der Waals surface area contributed by atoms with Crippen LogP contribution in [0.3, 0.4) is 0 Å². The standard InChI is InChI=1S/C10H15NO4/c12-8-4-2-1-3-7(8)11-9(13)5-6-10(14)15/h5-8,12H,1-4H2,(H,11,13)(H,14,15)/b6-5+. The lowest BCUT2D eigenvalue weighted by Crippen LogP contribution is -2.44. The van der Waals surface area contributed by atoms with Crippen molar-refractivity contribution in [3.8, 4) is 0 Å². The highest BCUT2D eigenvalue weighted by Crippen LogP contribution is 2.18. The van der Waals surface area contributed by atoms with E-state index in [9.17, 15) is 14.7 Å². The van der Waals surface area contributed by atoms with E-state index >= 15 is 0 Å². The minimum absolute atomic E-state index is 0.246. The summed E-state index contributed by atoms with van der Waals surface area (Å²) in [5.74, 6) is -1.63. The molecular formula is C10H15NO4. The molecule has 1 aliphatic carbocycles. The molecule has 0 aliphatic heterocycles. The molecule has 5 nitrogen and oxygen atoms in total. The van der Waals surface area contributed by atoms with E-state index < -0.39 is 18.0 Å². The Labute approximate surface area is 87.8 Å². The molecule has 84 valence electrons. The highest BCUT2D eigenvalue weighted by Gasteiger charge is 2.23. The molecule has 0 radical (unpaired) electrons. The van der Waals surface area contributed by atoms with Gasteiger partial charge in [0.2, 0.25) is 5.91 Å². The fraction of sp³-hybridized carbons (Fsp3) is 0.600. The molecular weight excluding hydrogens is 198 g/mol. The summed E-state index contributed by atoms with van der Waals surface area (Å²) in [4.78, 5) is 21.3. The molecule has 15 heavy (non-hydrogen) atoms. The number of carbonyl (C=O) groups excluding carboxylic acids is 1. The molecule has 0 bridgehead atoms. The van der Waals surface area contributed by atoms with Gasteiger partial charge in [-0.1, -0.05) is 12.8 Å². The summed E-state index contributed by atoms with van der Waals surface area (Å²) in [5.41, 5.74) is 0. The molecule has 0 saturated heterocycles. The molecule has 3 N–H and O–H groups in total. The number of amides is 1. The summed E-state index contributed by atoms with van der Waals surface area (Å²) in [6.45, 7) is 0. The predicted octanol–water partition coefficient (Wildman–Crippen LogP) is 0.0469. The van der Waals surface area contributed by atoms with E-state index in [0.29, 0.717) is 6.42 Å². The topological polar surface area (TPSA) is 86.6 Å². The van der Waals surface area contributed by atoms with E-state index in [1.54, 1.807) is 0 Å². The average molecular weight is 213 g/mol. The number of carboxylic acid groups (broad SMARTS) is 1. The van der Waals surface area contributed by atoms with Crippen LogP contribution in [0.15, 0.2) is 12.2 Å². The number of carboxylic acids is 1. The molecule has 0 aromatic rings. The van der Waals surface area contributed by atoms with E-state index in [-0.39, 0.29) is 6.04 Å². The second-order valence-electron chi connectivity index (χ2n) is 3.64. The first kappa shape index (κ1) is 11.7. The fourth-order valence-electron chi connectivity index (χ4n) is 1.66. The van der Waals surface area contributed by atoms with Gasteiger partial charge in [-0.15, -0.1) is 0 Å². The molecule has 2 unspecified atom stereocenters. The number of aliphatic carboxylic acids is 1. The van der Waals surface area contributed by atoms with Gasteiger partial charge in [0, 0.05) is 12.2 Å². The van der Waals surface area contributed by atoms with Crippen molar-refractivity contribution in [1.82, 2.24) is 5.32 Å². The van der Waals surface area contributed by atoms with Gasteiger partial charge in [0.25, 0.3) is 0 Å². The van der Waals surface area contributed by atoms with Gasteiger partial charge in [-0.3, -0.25) is 4.79 Å². The number of aliphatic hydroxyl groups is 1. The largest absolute Gasteiger partial charge is 0.478 e. The Balaban J connectivity index is 2.39. The number of aliphatic hydroxyl groups excluding tert-OH is 1. The summed E-state index contributed by atoms with van der Waals surface area (Å²) in [6.07, 6.45) is 4.61. The van der Waals surface area contributed by atoms with Crippen LogP contribution in [0.5, 0.6) is 0 Å². The lowest BCUT2D eigenvalue weighted by atomic mass is 9.92. The third-order valence-electron chi connectivity index (χ3n) is 2.43. The normalized spacial score (nSPS) is 26.5. The molecule has 1 fully saturated rings. The minimum atomic E-state index is -1.16. The lowest BCUT2D eigenvalue weighted by Gasteiger charge is -2.27. The van der Waals surface area contributed by atoms with Crippen molar-refractivity contribution in [3.63, 3.8) is 0 Å². The average Bonchev–Trinajstić information content (AvgIpc) is 2.18. The third kappa shape index (κ3) is 4.12. The van der Waals surface area contributed by atoms with Crippen LogP contribution < -0.4 is 5.32 Å². The van der Waals surface area contributed by atoms with Crippen LogP contribution in [-0.2, 0) is 9.59 Å². The van der Waals surface area contributed by atoms with E-state index in [2.05, 4.69) is 5.32 Å². The van der Waals surface area contributed by atoms with Crippen molar-refractivity contribution >= 4 is 11.9 Å². The zero-order valence-corrected chi connectivity index (χ0v) is 8.35. The van der Waals surface area contributed by atoms with Crippen LogP contribution in [0.1, 0.15) is 25.7 Å². The van der Waals surface area contributed by atoms with Gasteiger partial charge in [0.1, 0.15) is 0 Å². The van der Waals surface area contributed by atoms with Gasteiger partial charge in [0.05, 0.1) is 12.1 Å². The number of hydrogen-bond acceptors (Lipinski definition) is 3. The fourth-order valence-corrected chi connectivity index (χ4v) is 1.66. The van der Waals surface area contributed by atoms with Gasteiger partial charge >= 0.3 is 5.97 Å². The maximum atomic E-state index is 11.2. The summed E-state index contributed by atoms with van der Waals surface area (Å²) >= 11 is 0. The number of rotatable bonds is 3. The van der Waals surface area contributed by atoms with E-state index in [1.165, 1.54) is 0 Å². The molecule has 1 rings (SSSR count). The molecule has 0 aromatic carbocycles. The van der Waals surface area contributed by atoms with Crippen LogP contribution in [0.2, 0.25) is 0 Å². The van der Waals surface area contributed by atoms with Crippen LogP contribution in [0.25, 0.3) is 0 Å². The summed E-state index contributed by atoms with van der Waals surface area (Å²) in [5, 5.41) is 20.4. The number of carbonyl (C=O) groups is 2. The third-order valence-corrected chi connectivity index (χ3v) is 2.43. The van der Waals surface area contributed by atoms with Crippen molar-refractivity contribution < 1.29 is 19.8 Å². The first-order chi connectivity index (χ1) is 7.09. The van der Waals surface area contributed by atoms with Gasteiger partial charge in [-0.2, -0.15) is 0 Å². The molecule has 1 amide bonds. The monoisotopic (exact) mass is 213 g/mol. The molecule has 0 heterocycles. The Bertz CT molecular complexity index is 275. The van der Waals surface area contributed by atoms with Crippen molar-refractivity contribution in [2.24, 2.45) is 0 Å². The van der Waals surface area contributed by atoms with Gasteiger partial charge < -0.3 is 15.5 Å². The number of nitrogens with one attached hydrogen (secondary N) is 1. The maximum Gasteiger partial charge on any atom is 0.328 e. The SMILES string of the molecule is O=C(O)/C=C/C(=O)NC1CCCCC1O. The molecule has 2 atom stereocenters. The summed E-state index contributed by atoms with van der Waals surface area (Å²) < 4.78 is 0. The van der Waals surface area contributed by atoms with Crippen LogP contribution in [-0.4, -0.2) is 34.2 Å². The van der Waals surface area contributed by atoms with Crippen LogP contribution in [0.4, 0.5) is 0 Å². The summed E-state index contributed by atoms with van der Waals surface area (Å²) in [6, 6.07) is -0.246. The Morgan fingerprint density at radius 1 is 1.20 bits per heavy atom. The predicted molar refractivity (Wildman–Crippen MR) is 53.2 cm³/mol. The molecule has 0 spiro atoms. The Morgan fingerprint density at radius 2 is 1.87 bits per heavy atom. The molecule has 1 aliphatic rings. The lowest BCUT2D eigenvalue weighted by molar-refractivity contribution is -0.131. The maximum absolute atomic E-state index is 11.2. The van der Waals surface area contributed by atoms with E-state index in [0.717, 1.165) is 31.4 Å². The zero-order chi connectivity index (χ0) is 11.3. The first-order valence-electron chi connectivity index (χ1n) is 4.99. The molecule has 1 saturated carbocycles. The first-order valence-corrected chi connectivity index (χ1v) is 4.99. The minimum Gasteiger partial charge on any atom is -0.478 e. The zero-order valence-electron chi connectivity index (χ0n) is 8.35. The second kappa shape index (κ2) is 5.50. The second-order valence-corrected chi connectivity index (χ2v) is 3.64. The van der Waals surface area contributed by atoms with Gasteiger partial charge in [0.15, 0.2) is 0 Å². The number of hydrogen-bond donors (Lipinski definition) is 3. The Morgan fingerprint density at radius 3 is 2.47 bits per heavy atom. The highest BCUT2D eigenvalue weighted by atomic mass is 16.4. The highest BCUT2D eigenvalue weighted by molar-refractivity contribution is 5.94. The van der Waals surface area contributed by atoms with Crippen molar-refractivity contribution in [3.05, 3.63) is 12.2 Å². The molecule has 0 aromatic heterocycles. The smallest absolute Gasteiger partial charge is 0.328 e. The van der Waals surface area contributed by atoms with Crippen molar-refractivity contribution in [2.45, 2.75) is 37.8 Å². The van der Waals surface area contributed by atoms with Crippen molar-refractivity contribution in [2.75, 3.05) is 0 Å². The van der Waals surface area contributed by atoms with Gasteiger partial charge in [-0.25, -0.2) is 4.79 Å². The van der Waals surface area contributed by atoms with Crippen molar-refractivity contribution in [1.29, 1.82) is 0 Å².